The Morgan fingerprint density at radius 3 is 2.47 bits per heavy atom. The van der Waals surface area contributed by atoms with Crippen molar-refractivity contribution >= 4 is 22.6 Å². The van der Waals surface area contributed by atoms with Crippen molar-refractivity contribution in [2.45, 2.75) is 23.4 Å². The first-order chi connectivity index (χ1) is 7.95. The van der Waals surface area contributed by atoms with Crippen molar-refractivity contribution in [2.24, 2.45) is 5.41 Å². The largest absolute Gasteiger partial charge is 0.379 e. The van der Waals surface area contributed by atoms with Gasteiger partial charge in [-0.15, -0.1) is 0 Å². The van der Waals surface area contributed by atoms with Crippen molar-refractivity contribution in [1.29, 1.82) is 0 Å². The molecule has 1 aliphatic heterocycles. The summed E-state index contributed by atoms with van der Waals surface area (Å²) in [6.45, 7) is 5.23. The second kappa shape index (κ2) is 5.22. The highest BCUT2D eigenvalue weighted by Gasteiger charge is 2.71. The van der Waals surface area contributed by atoms with Crippen molar-refractivity contribution in [1.82, 2.24) is 4.90 Å². The standard InChI is InChI=1S/C11H18F2INO2/c1-9(14)17-8-10(6-11(10,12)13)7-15-2-4-16-5-3-15/h9H,2-8H2,1H3. The van der Waals surface area contributed by atoms with Gasteiger partial charge in [0, 0.05) is 26.1 Å². The summed E-state index contributed by atoms with van der Waals surface area (Å²) in [6, 6.07) is 0. The molecule has 0 bridgehead atoms. The smallest absolute Gasteiger partial charge is 0.258 e. The van der Waals surface area contributed by atoms with E-state index in [9.17, 15) is 8.78 Å². The highest BCUT2D eigenvalue weighted by Crippen LogP contribution is 2.61. The zero-order valence-electron chi connectivity index (χ0n) is 9.92. The number of alkyl halides is 3. The predicted octanol–water partition coefficient (Wildman–Crippen LogP) is 2.14. The van der Waals surface area contributed by atoms with Crippen LogP contribution in [0.1, 0.15) is 13.3 Å². The Bertz CT molecular complexity index is 272. The Balaban J connectivity index is 1.89. The van der Waals surface area contributed by atoms with E-state index in [-0.39, 0.29) is 17.1 Å². The third-order valence-corrected chi connectivity index (χ3v) is 3.79. The molecule has 2 atom stereocenters. The average molecular weight is 361 g/mol. The third kappa shape index (κ3) is 3.27. The fourth-order valence-electron chi connectivity index (χ4n) is 2.22. The highest BCUT2D eigenvalue weighted by atomic mass is 127. The van der Waals surface area contributed by atoms with Crippen molar-refractivity contribution in [2.75, 3.05) is 39.5 Å². The number of halogens is 3. The number of rotatable bonds is 5. The Morgan fingerprint density at radius 2 is 2.00 bits per heavy atom. The van der Waals surface area contributed by atoms with Crippen molar-refractivity contribution in [3.05, 3.63) is 0 Å². The zero-order chi connectivity index (χ0) is 12.5. The van der Waals surface area contributed by atoms with Gasteiger partial charge in [-0.05, 0) is 6.92 Å². The van der Waals surface area contributed by atoms with Crippen LogP contribution in [0, 0.1) is 5.41 Å². The maximum atomic E-state index is 13.5. The molecule has 2 rings (SSSR count). The van der Waals surface area contributed by atoms with Gasteiger partial charge >= 0.3 is 0 Å². The van der Waals surface area contributed by atoms with Crippen LogP contribution in [0.4, 0.5) is 8.78 Å². The Kier molecular flexibility index (Phi) is 4.27. The summed E-state index contributed by atoms with van der Waals surface area (Å²) >= 11 is 2.09. The van der Waals surface area contributed by atoms with E-state index >= 15 is 0 Å². The van der Waals surface area contributed by atoms with E-state index in [1.165, 1.54) is 0 Å². The van der Waals surface area contributed by atoms with E-state index in [2.05, 4.69) is 27.5 Å². The molecule has 2 fully saturated rings. The molecule has 1 saturated carbocycles. The molecule has 2 unspecified atom stereocenters. The Morgan fingerprint density at radius 1 is 1.41 bits per heavy atom. The van der Waals surface area contributed by atoms with Crippen LogP contribution in [0.2, 0.25) is 0 Å². The summed E-state index contributed by atoms with van der Waals surface area (Å²) in [6.07, 6.45) is -0.0410. The van der Waals surface area contributed by atoms with E-state index in [0.717, 1.165) is 13.1 Å². The van der Waals surface area contributed by atoms with Crippen molar-refractivity contribution in [3.8, 4) is 0 Å². The van der Waals surface area contributed by atoms with Gasteiger partial charge in [-0.3, -0.25) is 4.90 Å². The second-order valence-electron chi connectivity index (χ2n) is 4.90. The molecule has 3 nitrogen and oxygen atoms in total. The van der Waals surface area contributed by atoms with Gasteiger partial charge in [-0.2, -0.15) is 0 Å². The number of hydrogen-bond acceptors (Lipinski definition) is 3. The molecule has 1 saturated heterocycles. The summed E-state index contributed by atoms with van der Waals surface area (Å²) in [5.74, 6) is -2.56. The predicted molar refractivity (Wildman–Crippen MR) is 68.7 cm³/mol. The van der Waals surface area contributed by atoms with Crippen LogP contribution in [0.25, 0.3) is 0 Å². The van der Waals surface area contributed by atoms with Gasteiger partial charge in [0.25, 0.3) is 5.92 Å². The van der Waals surface area contributed by atoms with Gasteiger partial charge in [-0.1, -0.05) is 22.6 Å². The molecule has 0 aromatic rings. The molecule has 1 heterocycles. The van der Waals surface area contributed by atoms with Crippen LogP contribution in [-0.4, -0.2) is 54.4 Å². The van der Waals surface area contributed by atoms with Crippen LogP contribution in [0.3, 0.4) is 0 Å². The molecule has 100 valence electrons. The van der Waals surface area contributed by atoms with Gasteiger partial charge in [0.15, 0.2) is 0 Å². The van der Waals surface area contributed by atoms with Gasteiger partial charge in [-0.25, -0.2) is 8.78 Å². The second-order valence-corrected chi connectivity index (χ2v) is 6.66. The van der Waals surface area contributed by atoms with Crippen molar-refractivity contribution < 1.29 is 18.3 Å². The average Bonchev–Trinajstić information content (AvgIpc) is 2.79. The van der Waals surface area contributed by atoms with E-state index in [1.807, 2.05) is 6.92 Å². The summed E-state index contributed by atoms with van der Waals surface area (Å²) in [4.78, 5) is 2.06. The summed E-state index contributed by atoms with van der Waals surface area (Å²) in [5, 5.41) is 0. The first kappa shape index (κ1) is 13.9. The quantitative estimate of drug-likeness (QED) is 0.553. The van der Waals surface area contributed by atoms with Gasteiger partial charge < -0.3 is 9.47 Å². The molecule has 0 aromatic heterocycles. The fourth-order valence-corrected chi connectivity index (χ4v) is 2.40. The first-order valence-electron chi connectivity index (χ1n) is 5.89. The summed E-state index contributed by atoms with van der Waals surface area (Å²) < 4.78 is 37.6. The van der Waals surface area contributed by atoms with E-state index < -0.39 is 11.3 Å². The molecule has 0 aromatic carbocycles. The molecule has 6 heteroatoms. The summed E-state index contributed by atoms with van der Waals surface area (Å²) in [5.41, 5.74) is -0.955. The van der Waals surface area contributed by atoms with Gasteiger partial charge in [0.1, 0.15) is 4.11 Å². The number of morpholine rings is 1. The molecule has 0 spiro atoms. The van der Waals surface area contributed by atoms with Crippen LogP contribution in [-0.2, 0) is 9.47 Å². The minimum Gasteiger partial charge on any atom is -0.379 e. The van der Waals surface area contributed by atoms with Crippen LogP contribution in [0.15, 0.2) is 0 Å². The first-order valence-corrected chi connectivity index (χ1v) is 7.13. The van der Waals surface area contributed by atoms with E-state index in [1.54, 1.807) is 0 Å². The normalized spacial score (nSPS) is 34.6. The van der Waals surface area contributed by atoms with Crippen LogP contribution >= 0.6 is 22.6 Å². The van der Waals surface area contributed by atoms with Crippen molar-refractivity contribution in [3.63, 3.8) is 0 Å². The molecule has 0 N–H and O–H groups in total. The van der Waals surface area contributed by atoms with E-state index in [0.29, 0.717) is 19.8 Å². The lowest BCUT2D eigenvalue weighted by atomic mass is 10.1. The van der Waals surface area contributed by atoms with E-state index in [4.69, 9.17) is 9.47 Å². The summed E-state index contributed by atoms with van der Waals surface area (Å²) in [7, 11) is 0. The maximum Gasteiger partial charge on any atom is 0.258 e. The number of ether oxygens (including phenoxy) is 2. The minimum atomic E-state index is -2.56. The van der Waals surface area contributed by atoms with Gasteiger partial charge in [0.05, 0.1) is 25.2 Å². The molecule has 2 aliphatic rings. The number of hydrogen-bond donors (Lipinski definition) is 0. The topological polar surface area (TPSA) is 21.7 Å². The van der Waals surface area contributed by atoms with Gasteiger partial charge in [0.2, 0.25) is 0 Å². The Labute approximate surface area is 114 Å². The molecule has 17 heavy (non-hydrogen) atoms. The molecular formula is C11H18F2INO2. The third-order valence-electron chi connectivity index (χ3n) is 3.43. The lowest BCUT2D eigenvalue weighted by Crippen LogP contribution is -2.42. The molecule has 0 radical (unpaired) electrons. The molecular weight excluding hydrogens is 343 g/mol. The molecule has 0 amide bonds. The lowest BCUT2D eigenvalue weighted by Gasteiger charge is -2.30. The SMILES string of the molecule is CC(I)OCC1(CN2CCOCC2)CC1(F)F. The van der Waals surface area contributed by atoms with Crippen LogP contribution in [0.5, 0.6) is 0 Å². The zero-order valence-corrected chi connectivity index (χ0v) is 12.1. The maximum absolute atomic E-state index is 13.5. The molecule has 1 aliphatic carbocycles. The number of nitrogens with zero attached hydrogens (tertiary/aromatic N) is 1. The Hall–Kier alpha value is 0.470. The highest BCUT2D eigenvalue weighted by molar-refractivity contribution is 14.1. The lowest BCUT2D eigenvalue weighted by molar-refractivity contribution is -0.0283. The minimum absolute atomic E-state index is 0.0226. The van der Waals surface area contributed by atoms with Crippen LogP contribution < -0.4 is 0 Å². The monoisotopic (exact) mass is 361 g/mol. The fraction of sp³-hybridized carbons (Fsp3) is 1.00.